The van der Waals surface area contributed by atoms with Crippen LogP contribution in [0.1, 0.15) is 35.5 Å². The molecule has 0 saturated heterocycles. The fraction of sp³-hybridized carbons (Fsp3) is 0.217. The zero-order chi connectivity index (χ0) is 21.4. The predicted octanol–water partition coefficient (Wildman–Crippen LogP) is 4.44. The number of amides is 1. The van der Waals surface area contributed by atoms with E-state index in [0.717, 1.165) is 28.6 Å². The normalized spacial score (nSPS) is 13.8. The van der Waals surface area contributed by atoms with Gasteiger partial charge < -0.3 is 14.6 Å². The van der Waals surface area contributed by atoms with Crippen molar-refractivity contribution in [2.75, 3.05) is 6.54 Å². The van der Waals surface area contributed by atoms with Gasteiger partial charge in [-0.1, -0.05) is 18.2 Å². The van der Waals surface area contributed by atoms with Crippen LogP contribution in [-0.2, 0) is 16.0 Å². The van der Waals surface area contributed by atoms with E-state index < -0.39 is 23.5 Å². The molecule has 0 unspecified atom stereocenters. The van der Waals surface area contributed by atoms with Crippen LogP contribution in [0.2, 0.25) is 0 Å². The Kier molecular flexibility index (Phi) is 5.11. The van der Waals surface area contributed by atoms with Gasteiger partial charge in [-0.25, -0.2) is 13.6 Å². The number of halogens is 2. The van der Waals surface area contributed by atoms with Crippen molar-refractivity contribution in [3.8, 4) is 0 Å². The van der Waals surface area contributed by atoms with Crippen LogP contribution < -0.4 is 0 Å². The van der Waals surface area contributed by atoms with Gasteiger partial charge in [0, 0.05) is 29.2 Å². The van der Waals surface area contributed by atoms with E-state index in [0.29, 0.717) is 12.1 Å². The molecule has 4 rings (SSSR count). The summed E-state index contributed by atoms with van der Waals surface area (Å²) >= 11 is 0. The van der Waals surface area contributed by atoms with Gasteiger partial charge in [-0.05, 0) is 50.1 Å². The minimum atomic E-state index is -1.10. The number of H-pyrrole nitrogens is 1. The second kappa shape index (κ2) is 7.74. The zero-order valence-corrected chi connectivity index (χ0v) is 16.5. The highest BCUT2D eigenvalue weighted by Gasteiger charge is 2.28. The number of aromatic amines is 1. The number of carbonyl (C=O) groups excluding carboxylic acids is 2. The molecule has 1 amide bonds. The maximum absolute atomic E-state index is 13.6. The van der Waals surface area contributed by atoms with Crippen molar-refractivity contribution in [2.45, 2.75) is 26.4 Å². The number of ether oxygens (including phenoxy) is 1. The average molecular weight is 410 g/mol. The lowest BCUT2D eigenvalue weighted by Crippen LogP contribution is -2.28. The van der Waals surface area contributed by atoms with E-state index in [1.807, 2.05) is 24.3 Å². The predicted molar refractivity (Wildman–Crippen MR) is 109 cm³/mol. The molecule has 0 radical (unpaired) electrons. The molecule has 5 nitrogen and oxygen atoms in total. The molecule has 30 heavy (non-hydrogen) atoms. The van der Waals surface area contributed by atoms with Crippen LogP contribution in [-0.4, -0.2) is 34.4 Å². The molecular weight excluding hydrogens is 390 g/mol. The molecule has 0 saturated carbocycles. The highest BCUT2D eigenvalue weighted by Crippen LogP contribution is 2.32. The van der Waals surface area contributed by atoms with Crippen LogP contribution in [0.15, 0.2) is 48.7 Å². The molecular formula is C23H20F2N2O3. The van der Waals surface area contributed by atoms with Crippen LogP contribution >= 0.6 is 0 Å². The molecule has 1 aliphatic rings. The molecule has 0 fully saturated rings. The van der Waals surface area contributed by atoms with Crippen molar-refractivity contribution < 1.29 is 23.1 Å². The number of para-hydroxylation sites is 1. The molecule has 3 aromatic rings. The van der Waals surface area contributed by atoms with Gasteiger partial charge in [0.15, 0.2) is 11.6 Å². The molecule has 1 aromatic heterocycles. The summed E-state index contributed by atoms with van der Waals surface area (Å²) in [7, 11) is 0. The number of hydrogen-bond acceptors (Lipinski definition) is 3. The first-order valence-electron chi connectivity index (χ1n) is 9.64. The Bertz CT molecular complexity index is 1180. The molecule has 0 aliphatic carbocycles. The first-order valence-corrected chi connectivity index (χ1v) is 9.64. The lowest BCUT2D eigenvalue weighted by Gasteiger charge is -2.18. The van der Waals surface area contributed by atoms with Gasteiger partial charge in [0.1, 0.15) is 0 Å². The van der Waals surface area contributed by atoms with E-state index in [1.165, 1.54) is 17.2 Å². The quantitative estimate of drug-likeness (QED) is 0.650. The summed E-state index contributed by atoms with van der Waals surface area (Å²) in [6, 6.07) is 10.7. The number of rotatable bonds is 3. The summed E-state index contributed by atoms with van der Waals surface area (Å²) in [5, 5.41) is 0.956. The molecule has 0 spiro atoms. The Morgan fingerprint density at radius 2 is 1.87 bits per heavy atom. The third-order valence-corrected chi connectivity index (χ3v) is 4.96. The van der Waals surface area contributed by atoms with E-state index in [1.54, 1.807) is 13.8 Å². The van der Waals surface area contributed by atoms with E-state index in [9.17, 15) is 18.4 Å². The lowest BCUT2D eigenvalue weighted by atomic mass is 10.0. The van der Waals surface area contributed by atoms with Gasteiger partial charge in [-0.15, -0.1) is 0 Å². The third-order valence-electron chi connectivity index (χ3n) is 4.96. The van der Waals surface area contributed by atoms with Crippen molar-refractivity contribution in [2.24, 2.45) is 0 Å². The molecule has 0 bridgehead atoms. The number of carbonyl (C=O) groups is 2. The van der Waals surface area contributed by atoms with Crippen LogP contribution in [0.3, 0.4) is 0 Å². The smallest absolute Gasteiger partial charge is 0.342 e. The minimum absolute atomic E-state index is 0.00264. The van der Waals surface area contributed by atoms with Gasteiger partial charge in [0.25, 0.3) is 5.91 Å². The number of nitrogens with zero attached hydrogens (tertiary/aromatic N) is 1. The molecule has 1 aliphatic heterocycles. The van der Waals surface area contributed by atoms with E-state index >= 15 is 0 Å². The Balaban J connectivity index is 1.79. The summed E-state index contributed by atoms with van der Waals surface area (Å²) < 4.78 is 32.3. The average Bonchev–Trinajstić information content (AvgIpc) is 2.96. The van der Waals surface area contributed by atoms with Crippen LogP contribution in [0, 0.1) is 11.6 Å². The Morgan fingerprint density at radius 1 is 1.10 bits per heavy atom. The van der Waals surface area contributed by atoms with Gasteiger partial charge in [0.2, 0.25) is 0 Å². The Labute approximate surface area is 171 Å². The fourth-order valence-corrected chi connectivity index (χ4v) is 3.59. The van der Waals surface area contributed by atoms with Gasteiger partial charge >= 0.3 is 5.97 Å². The molecule has 1 N–H and O–H groups in total. The van der Waals surface area contributed by atoms with Crippen LogP contribution in [0.5, 0.6) is 0 Å². The summed E-state index contributed by atoms with van der Waals surface area (Å²) in [5.41, 5.74) is 2.59. The standard InChI is InChI=1S/C23H20F2N2O3/c1-13(2)30-23(29)17-12-27(22(28)14-7-8-18(24)19(25)11-14)10-9-16-15-5-3-4-6-20(15)26-21(16)17/h3-8,11-13,26H,9-10H2,1-2H3. The molecule has 7 heteroatoms. The third kappa shape index (κ3) is 3.58. The number of hydrogen-bond donors (Lipinski definition) is 1. The van der Waals surface area contributed by atoms with Crippen molar-refractivity contribution in [3.05, 3.63) is 77.1 Å². The van der Waals surface area contributed by atoms with Crippen LogP contribution in [0.4, 0.5) is 8.78 Å². The first-order chi connectivity index (χ1) is 14.3. The Morgan fingerprint density at radius 3 is 2.60 bits per heavy atom. The topological polar surface area (TPSA) is 62.4 Å². The van der Waals surface area contributed by atoms with Crippen molar-refractivity contribution in [1.29, 1.82) is 0 Å². The SMILES string of the molecule is CC(C)OC(=O)C1=CN(C(=O)c2ccc(F)c(F)c2)CCc2c1[nH]c1ccccc21. The molecule has 2 aromatic carbocycles. The highest BCUT2D eigenvalue weighted by molar-refractivity contribution is 6.18. The van der Waals surface area contributed by atoms with Gasteiger partial charge in [-0.2, -0.15) is 0 Å². The monoisotopic (exact) mass is 410 g/mol. The number of benzene rings is 2. The number of fused-ring (bicyclic) bond motifs is 3. The summed E-state index contributed by atoms with van der Waals surface area (Å²) in [4.78, 5) is 30.4. The van der Waals surface area contributed by atoms with E-state index in [-0.39, 0.29) is 23.8 Å². The second-order valence-electron chi connectivity index (χ2n) is 7.40. The fourth-order valence-electron chi connectivity index (χ4n) is 3.59. The van der Waals surface area contributed by atoms with Gasteiger partial charge in [-0.3, -0.25) is 4.79 Å². The minimum Gasteiger partial charge on any atom is -0.459 e. The summed E-state index contributed by atoms with van der Waals surface area (Å²) in [6.07, 6.45) is 1.56. The Hall–Kier alpha value is -3.48. The zero-order valence-electron chi connectivity index (χ0n) is 16.5. The molecule has 0 atom stereocenters. The summed E-state index contributed by atoms with van der Waals surface area (Å²) in [6.45, 7) is 3.75. The second-order valence-corrected chi connectivity index (χ2v) is 7.40. The lowest BCUT2D eigenvalue weighted by molar-refractivity contribution is -0.140. The number of esters is 1. The maximum atomic E-state index is 13.6. The highest BCUT2D eigenvalue weighted by atomic mass is 19.2. The number of aromatic nitrogens is 1. The van der Waals surface area contributed by atoms with Crippen molar-refractivity contribution in [3.63, 3.8) is 0 Å². The van der Waals surface area contributed by atoms with Crippen molar-refractivity contribution in [1.82, 2.24) is 9.88 Å². The summed E-state index contributed by atoms with van der Waals surface area (Å²) in [5.74, 6) is -3.23. The van der Waals surface area contributed by atoms with Crippen molar-refractivity contribution >= 4 is 28.4 Å². The molecule has 154 valence electrons. The largest absolute Gasteiger partial charge is 0.459 e. The first kappa shape index (κ1) is 19.8. The number of nitrogens with one attached hydrogen (secondary N) is 1. The van der Waals surface area contributed by atoms with Crippen LogP contribution in [0.25, 0.3) is 16.5 Å². The van der Waals surface area contributed by atoms with E-state index in [4.69, 9.17) is 4.74 Å². The maximum Gasteiger partial charge on any atom is 0.342 e. The van der Waals surface area contributed by atoms with E-state index in [2.05, 4.69) is 4.98 Å². The van der Waals surface area contributed by atoms with Gasteiger partial charge in [0.05, 0.1) is 17.4 Å². The molecule has 2 heterocycles.